The number of ether oxygens (including phenoxy) is 1. The smallest absolute Gasteiger partial charge is 0.234 e. The summed E-state index contributed by atoms with van der Waals surface area (Å²) in [6.07, 6.45) is 0. The van der Waals surface area contributed by atoms with Gasteiger partial charge in [-0.2, -0.15) is 0 Å². The van der Waals surface area contributed by atoms with E-state index < -0.39 is 0 Å². The third-order valence-corrected chi connectivity index (χ3v) is 5.83. The van der Waals surface area contributed by atoms with Crippen LogP contribution in [0.4, 0.5) is 5.69 Å². The molecule has 32 heavy (non-hydrogen) atoms. The third-order valence-electron chi connectivity index (χ3n) is 4.91. The van der Waals surface area contributed by atoms with E-state index >= 15 is 0 Å². The number of nitrogens with zero attached hydrogens (tertiary/aromatic N) is 2. The monoisotopic (exact) mass is 441 g/mol. The number of amides is 1. The Bertz CT molecular complexity index is 1190. The first-order valence-corrected chi connectivity index (χ1v) is 11.2. The summed E-state index contributed by atoms with van der Waals surface area (Å²) in [5.74, 6) is 0.745. The van der Waals surface area contributed by atoms with Crippen LogP contribution in [-0.4, -0.2) is 29.0 Å². The zero-order valence-corrected chi connectivity index (χ0v) is 18.7. The number of hydrogen-bond donors (Lipinski definition) is 1. The SMILES string of the molecule is COc1ccc(C)cc1NC(=O)CSc1ccc(-c2ccc(-c3ccccc3)cc2)nn1. The first-order chi connectivity index (χ1) is 15.6. The summed E-state index contributed by atoms with van der Waals surface area (Å²) in [5, 5.41) is 12.2. The molecule has 0 aliphatic carbocycles. The molecule has 0 aliphatic heterocycles. The number of anilines is 1. The van der Waals surface area contributed by atoms with E-state index in [1.807, 2.05) is 67.6 Å². The van der Waals surface area contributed by atoms with E-state index in [4.69, 9.17) is 4.74 Å². The van der Waals surface area contributed by atoms with Crippen molar-refractivity contribution in [3.8, 4) is 28.1 Å². The molecule has 6 heteroatoms. The number of benzene rings is 3. The summed E-state index contributed by atoms with van der Waals surface area (Å²) in [4.78, 5) is 12.4. The Balaban J connectivity index is 1.36. The van der Waals surface area contributed by atoms with Crippen LogP contribution < -0.4 is 10.1 Å². The first kappa shape index (κ1) is 21.6. The zero-order valence-electron chi connectivity index (χ0n) is 17.9. The van der Waals surface area contributed by atoms with Gasteiger partial charge in [-0.25, -0.2) is 0 Å². The largest absolute Gasteiger partial charge is 0.495 e. The van der Waals surface area contributed by atoms with Gasteiger partial charge in [-0.3, -0.25) is 4.79 Å². The van der Waals surface area contributed by atoms with Crippen molar-refractivity contribution in [1.82, 2.24) is 10.2 Å². The van der Waals surface area contributed by atoms with Gasteiger partial charge in [-0.05, 0) is 47.9 Å². The molecule has 5 nitrogen and oxygen atoms in total. The molecular formula is C26H23N3O2S. The summed E-state index contributed by atoms with van der Waals surface area (Å²) in [6, 6.07) is 28.0. The molecule has 0 aliphatic rings. The van der Waals surface area contributed by atoms with Crippen LogP contribution in [0, 0.1) is 6.92 Å². The van der Waals surface area contributed by atoms with Crippen LogP contribution in [0.1, 0.15) is 5.56 Å². The van der Waals surface area contributed by atoms with Crippen molar-refractivity contribution in [1.29, 1.82) is 0 Å². The fraction of sp³-hybridized carbons (Fsp3) is 0.115. The molecule has 0 unspecified atom stereocenters. The molecular weight excluding hydrogens is 418 g/mol. The van der Waals surface area contributed by atoms with Gasteiger partial charge in [0.05, 0.1) is 24.2 Å². The minimum atomic E-state index is -0.124. The van der Waals surface area contributed by atoms with Gasteiger partial charge in [0.2, 0.25) is 5.91 Å². The predicted molar refractivity (Wildman–Crippen MR) is 130 cm³/mol. The van der Waals surface area contributed by atoms with Gasteiger partial charge < -0.3 is 10.1 Å². The third kappa shape index (κ3) is 5.34. The highest BCUT2D eigenvalue weighted by atomic mass is 32.2. The van der Waals surface area contributed by atoms with Crippen molar-refractivity contribution < 1.29 is 9.53 Å². The number of thioether (sulfide) groups is 1. The lowest BCUT2D eigenvalue weighted by Gasteiger charge is -2.10. The molecule has 1 aromatic heterocycles. The highest BCUT2D eigenvalue weighted by molar-refractivity contribution is 7.99. The molecule has 3 aromatic carbocycles. The number of carbonyl (C=O) groups is 1. The van der Waals surface area contributed by atoms with Crippen molar-refractivity contribution in [2.45, 2.75) is 11.9 Å². The molecule has 0 saturated heterocycles. The topological polar surface area (TPSA) is 64.1 Å². The second-order valence-corrected chi connectivity index (χ2v) is 8.24. The Kier molecular flexibility index (Phi) is 6.82. The van der Waals surface area contributed by atoms with Gasteiger partial charge in [0, 0.05) is 5.56 Å². The van der Waals surface area contributed by atoms with E-state index in [0.717, 1.165) is 22.4 Å². The Morgan fingerprint density at radius 3 is 2.28 bits per heavy atom. The van der Waals surface area contributed by atoms with E-state index in [0.29, 0.717) is 16.5 Å². The zero-order chi connectivity index (χ0) is 22.3. The Labute approximate surface area is 191 Å². The van der Waals surface area contributed by atoms with E-state index in [1.54, 1.807) is 7.11 Å². The second kappa shape index (κ2) is 10.1. The Morgan fingerprint density at radius 1 is 0.875 bits per heavy atom. The molecule has 1 N–H and O–H groups in total. The number of aryl methyl sites for hydroxylation is 1. The maximum Gasteiger partial charge on any atom is 0.234 e. The van der Waals surface area contributed by atoms with Crippen LogP contribution in [0.3, 0.4) is 0 Å². The van der Waals surface area contributed by atoms with Crippen molar-refractivity contribution in [3.63, 3.8) is 0 Å². The van der Waals surface area contributed by atoms with Gasteiger partial charge >= 0.3 is 0 Å². The molecule has 1 amide bonds. The maximum absolute atomic E-state index is 12.4. The number of carbonyl (C=O) groups excluding carboxylic acids is 1. The molecule has 0 spiro atoms. The second-order valence-electron chi connectivity index (χ2n) is 7.24. The van der Waals surface area contributed by atoms with Crippen LogP contribution in [-0.2, 0) is 4.79 Å². The highest BCUT2D eigenvalue weighted by Gasteiger charge is 2.10. The van der Waals surface area contributed by atoms with Crippen LogP contribution >= 0.6 is 11.8 Å². The van der Waals surface area contributed by atoms with Gasteiger partial charge in [0.25, 0.3) is 0 Å². The van der Waals surface area contributed by atoms with Gasteiger partial charge in [-0.1, -0.05) is 72.4 Å². The molecule has 0 fully saturated rings. The molecule has 4 aromatic rings. The van der Waals surface area contributed by atoms with E-state index in [2.05, 4.69) is 39.8 Å². The molecule has 0 bridgehead atoms. The van der Waals surface area contributed by atoms with Gasteiger partial charge in [0.15, 0.2) is 0 Å². The number of methoxy groups -OCH3 is 1. The number of nitrogens with one attached hydrogen (secondary N) is 1. The fourth-order valence-electron chi connectivity index (χ4n) is 3.26. The lowest BCUT2D eigenvalue weighted by atomic mass is 10.0. The number of hydrogen-bond acceptors (Lipinski definition) is 5. The highest BCUT2D eigenvalue weighted by Crippen LogP contribution is 2.27. The molecule has 1 heterocycles. The van der Waals surface area contributed by atoms with Gasteiger partial charge in [0.1, 0.15) is 10.8 Å². The predicted octanol–water partition coefficient (Wildman–Crippen LogP) is 5.86. The summed E-state index contributed by atoms with van der Waals surface area (Å²) < 4.78 is 5.31. The fourth-order valence-corrected chi connectivity index (χ4v) is 3.87. The normalized spacial score (nSPS) is 10.6. The maximum atomic E-state index is 12.4. The van der Waals surface area contributed by atoms with Crippen LogP contribution in [0.25, 0.3) is 22.4 Å². The molecule has 4 rings (SSSR count). The lowest BCUT2D eigenvalue weighted by molar-refractivity contribution is -0.113. The van der Waals surface area contributed by atoms with Crippen LogP contribution in [0.5, 0.6) is 5.75 Å². The first-order valence-electron chi connectivity index (χ1n) is 10.2. The molecule has 0 radical (unpaired) electrons. The Morgan fingerprint density at radius 2 is 1.59 bits per heavy atom. The van der Waals surface area contributed by atoms with Crippen molar-refractivity contribution >= 4 is 23.4 Å². The summed E-state index contributed by atoms with van der Waals surface area (Å²) in [7, 11) is 1.58. The summed E-state index contributed by atoms with van der Waals surface area (Å²) in [5.41, 5.74) is 5.84. The van der Waals surface area contributed by atoms with E-state index in [-0.39, 0.29) is 11.7 Å². The van der Waals surface area contributed by atoms with Crippen molar-refractivity contribution in [3.05, 3.63) is 90.5 Å². The summed E-state index contributed by atoms with van der Waals surface area (Å²) in [6.45, 7) is 1.97. The average Bonchev–Trinajstić information content (AvgIpc) is 2.84. The van der Waals surface area contributed by atoms with Crippen LogP contribution in [0.15, 0.2) is 90.0 Å². The lowest BCUT2D eigenvalue weighted by Crippen LogP contribution is -2.15. The minimum absolute atomic E-state index is 0.124. The van der Waals surface area contributed by atoms with E-state index in [9.17, 15) is 4.79 Å². The number of aromatic nitrogens is 2. The van der Waals surface area contributed by atoms with Crippen molar-refractivity contribution in [2.75, 3.05) is 18.2 Å². The van der Waals surface area contributed by atoms with Crippen LogP contribution in [0.2, 0.25) is 0 Å². The average molecular weight is 442 g/mol. The Hall–Kier alpha value is -3.64. The van der Waals surface area contributed by atoms with Crippen molar-refractivity contribution in [2.24, 2.45) is 0 Å². The minimum Gasteiger partial charge on any atom is -0.495 e. The standard InChI is InChI=1S/C26H23N3O2S/c1-18-8-14-24(31-2)23(16-18)27-25(30)17-32-26-15-13-22(28-29-26)21-11-9-20(10-12-21)19-6-4-3-5-7-19/h3-16H,17H2,1-2H3,(H,27,30). The van der Waals surface area contributed by atoms with E-state index in [1.165, 1.54) is 17.3 Å². The molecule has 0 atom stereocenters. The van der Waals surface area contributed by atoms with Gasteiger partial charge in [-0.15, -0.1) is 10.2 Å². The quantitative estimate of drug-likeness (QED) is 0.364. The molecule has 0 saturated carbocycles. The number of rotatable bonds is 7. The molecule has 160 valence electrons. The summed E-state index contributed by atoms with van der Waals surface area (Å²) >= 11 is 1.34.